The lowest BCUT2D eigenvalue weighted by atomic mass is 9.97. The summed E-state index contributed by atoms with van der Waals surface area (Å²) in [4.78, 5) is 10.6. The summed E-state index contributed by atoms with van der Waals surface area (Å²) in [5.41, 5.74) is 1.94. The second-order valence-electron chi connectivity index (χ2n) is 5.86. The van der Waals surface area contributed by atoms with Gasteiger partial charge in [-0.2, -0.15) is 0 Å². The summed E-state index contributed by atoms with van der Waals surface area (Å²) in [6, 6.07) is 6.42. The topological polar surface area (TPSA) is 52.2 Å². The maximum atomic E-state index is 9.27. The second-order valence-corrected chi connectivity index (χ2v) is 6.30. The van der Waals surface area contributed by atoms with Crippen LogP contribution >= 0.6 is 11.6 Å². The van der Waals surface area contributed by atoms with Crippen molar-refractivity contribution in [3.05, 3.63) is 29.0 Å². The lowest BCUT2D eigenvalue weighted by Crippen LogP contribution is -2.41. The Morgan fingerprint density at radius 1 is 1.48 bits per heavy atom. The summed E-state index contributed by atoms with van der Waals surface area (Å²) >= 11 is 6.03. The molecule has 1 aliphatic rings. The number of nitrogens with one attached hydrogen (secondary N) is 1. The molecule has 0 spiro atoms. The van der Waals surface area contributed by atoms with Crippen LogP contribution in [0.2, 0.25) is 5.02 Å². The van der Waals surface area contributed by atoms with Crippen LogP contribution in [0.1, 0.15) is 44.5 Å². The molecule has 21 heavy (non-hydrogen) atoms. The number of aromatic nitrogens is 2. The molecule has 1 aromatic heterocycles. The SMILES string of the molecule is CC(c1nc2ccc(Cl)cc2[nH]1)N1CCCCC1CCO. The van der Waals surface area contributed by atoms with Crippen LogP contribution in [0.3, 0.4) is 0 Å². The van der Waals surface area contributed by atoms with E-state index in [0.717, 1.165) is 41.3 Å². The number of hydrogen-bond acceptors (Lipinski definition) is 3. The van der Waals surface area contributed by atoms with Gasteiger partial charge in [0.05, 0.1) is 17.1 Å². The zero-order chi connectivity index (χ0) is 14.8. The van der Waals surface area contributed by atoms with Gasteiger partial charge in [-0.1, -0.05) is 18.0 Å². The van der Waals surface area contributed by atoms with Crippen molar-refractivity contribution in [1.82, 2.24) is 14.9 Å². The standard InChI is InChI=1S/C16H22ClN3O/c1-11(20-8-3-2-4-13(20)7-9-21)16-18-14-6-5-12(17)10-15(14)19-16/h5-6,10-11,13,21H,2-4,7-9H2,1H3,(H,18,19). The van der Waals surface area contributed by atoms with Crippen LogP contribution in [0.25, 0.3) is 11.0 Å². The van der Waals surface area contributed by atoms with Gasteiger partial charge in [-0.3, -0.25) is 4.90 Å². The molecule has 2 aromatic rings. The number of aromatic amines is 1. The van der Waals surface area contributed by atoms with Gasteiger partial charge in [-0.15, -0.1) is 0 Å². The lowest BCUT2D eigenvalue weighted by Gasteiger charge is -2.39. The van der Waals surface area contributed by atoms with E-state index in [2.05, 4.69) is 16.8 Å². The van der Waals surface area contributed by atoms with E-state index in [1.54, 1.807) is 0 Å². The summed E-state index contributed by atoms with van der Waals surface area (Å²) in [6.45, 7) is 3.52. The van der Waals surface area contributed by atoms with E-state index in [1.807, 2.05) is 18.2 Å². The molecule has 0 aliphatic carbocycles. The molecule has 4 nitrogen and oxygen atoms in total. The second kappa shape index (κ2) is 6.34. The van der Waals surface area contributed by atoms with E-state index >= 15 is 0 Å². The average molecular weight is 308 g/mol. The highest BCUT2D eigenvalue weighted by Gasteiger charge is 2.28. The Hall–Kier alpha value is -1.10. The third kappa shape index (κ3) is 3.07. The predicted molar refractivity (Wildman–Crippen MR) is 85.6 cm³/mol. The van der Waals surface area contributed by atoms with Crippen LogP contribution in [0.15, 0.2) is 18.2 Å². The molecule has 2 unspecified atom stereocenters. The van der Waals surface area contributed by atoms with Gasteiger partial charge in [0, 0.05) is 17.7 Å². The molecular weight excluding hydrogens is 286 g/mol. The molecule has 2 atom stereocenters. The Bertz CT molecular complexity index is 611. The first-order chi connectivity index (χ1) is 10.2. The quantitative estimate of drug-likeness (QED) is 0.909. The summed E-state index contributed by atoms with van der Waals surface area (Å²) in [6.07, 6.45) is 4.48. The molecule has 1 aliphatic heterocycles. The van der Waals surface area contributed by atoms with Gasteiger partial charge in [0.25, 0.3) is 0 Å². The number of rotatable bonds is 4. The van der Waals surface area contributed by atoms with Crippen LogP contribution in [-0.2, 0) is 0 Å². The first kappa shape index (κ1) is 14.8. The summed E-state index contributed by atoms with van der Waals surface area (Å²) in [5.74, 6) is 0.983. The number of aliphatic hydroxyl groups excluding tert-OH is 1. The van der Waals surface area contributed by atoms with Crippen molar-refractivity contribution in [3.8, 4) is 0 Å². The number of nitrogens with zero attached hydrogens (tertiary/aromatic N) is 2. The zero-order valence-electron chi connectivity index (χ0n) is 12.3. The molecule has 1 aromatic carbocycles. The zero-order valence-corrected chi connectivity index (χ0v) is 13.1. The minimum atomic E-state index is 0.230. The molecule has 0 amide bonds. The van der Waals surface area contributed by atoms with Gasteiger partial charge in [0.1, 0.15) is 5.82 Å². The first-order valence-electron chi connectivity index (χ1n) is 7.71. The highest BCUT2D eigenvalue weighted by molar-refractivity contribution is 6.31. The van der Waals surface area contributed by atoms with E-state index < -0.39 is 0 Å². The average Bonchev–Trinajstić information content (AvgIpc) is 2.90. The van der Waals surface area contributed by atoms with Crippen molar-refractivity contribution in [1.29, 1.82) is 0 Å². The Morgan fingerprint density at radius 3 is 3.14 bits per heavy atom. The molecule has 1 fully saturated rings. The Labute approximate surface area is 130 Å². The minimum absolute atomic E-state index is 0.230. The van der Waals surface area contributed by atoms with Crippen molar-refractivity contribution in [3.63, 3.8) is 0 Å². The number of aliphatic hydroxyl groups is 1. The molecule has 114 valence electrons. The van der Waals surface area contributed by atoms with Crippen molar-refractivity contribution in [2.24, 2.45) is 0 Å². The Morgan fingerprint density at radius 2 is 2.33 bits per heavy atom. The smallest absolute Gasteiger partial charge is 0.124 e. The maximum absolute atomic E-state index is 9.27. The maximum Gasteiger partial charge on any atom is 0.124 e. The van der Waals surface area contributed by atoms with Crippen molar-refractivity contribution in [2.75, 3.05) is 13.2 Å². The third-order valence-corrected chi connectivity index (χ3v) is 4.73. The fraction of sp³-hybridized carbons (Fsp3) is 0.562. The molecule has 0 bridgehead atoms. The van der Waals surface area contributed by atoms with Gasteiger partial charge in [0.2, 0.25) is 0 Å². The number of imidazole rings is 1. The van der Waals surface area contributed by atoms with Gasteiger partial charge < -0.3 is 10.1 Å². The molecule has 2 N–H and O–H groups in total. The number of benzene rings is 1. The number of H-pyrrole nitrogens is 1. The number of likely N-dealkylation sites (tertiary alicyclic amines) is 1. The summed E-state index contributed by atoms with van der Waals surface area (Å²) < 4.78 is 0. The number of piperidine rings is 1. The van der Waals surface area contributed by atoms with Crippen LogP contribution in [0.4, 0.5) is 0 Å². The molecule has 2 heterocycles. The van der Waals surface area contributed by atoms with Gasteiger partial charge in [-0.05, 0) is 50.9 Å². The number of hydrogen-bond donors (Lipinski definition) is 2. The predicted octanol–water partition coefficient (Wildman–Crippen LogP) is 3.51. The van der Waals surface area contributed by atoms with Crippen LogP contribution in [0, 0.1) is 0 Å². The molecule has 0 radical (unpaired) electrons. The number of halogens is 1. The van der Waals surface area contributed by atoms with Gasteiger partial charge >= 0.3 is 0 Å². The molecular formula is C16H22ClN3O. The Balaban J connectivity index is 1.85. The van der Waals surface area contributed by atoms with E-state index in [1.165, 1.54) is 12.8 Å². The van der Waals surface area contributed by atoms with Crippen molar-refractivity contribution < 1.29 is 5.11 Å². The van der Waals surface area contributed by atoms with Gasteiger partial charge in [0.15, 0.2) is 0 Å². The normalized spacial score (nSPS) is 21.8. The van der Waals surface area contributed by atoms with Gasteiger partial charge in [-0.25, -0.2) is 4.98 Å². The van der Waals surface area contributed by atoms with Crippen molar-refractivity contribution >= 4 is 22.6 Å². The fourth-order valence-electron chi connectivity index (χ4n) is 3.35. The van der Waals surface area contributed by atoms with Crippen molar-refractivity contribution in [2.45, 2.75) is 44.7 Å². The monoisotopic (exact) mass is 307 g/mol. The molecule has 0 saturated carbocycles. The van der Waals surface area contributed by atoms with Crippen LogP contribution < -0.4 is 0 Å². The Kier molecular flexibility index (Phi) is 4.48. The minimum Gasteiger partial charge on any atom is -0.396 e. The lowest BCUT2D eigenvalue weighted by molar-refractivity contribution is 0.0794. The number of fused-ring (bicyclic) bond motifs is 1. The summed E-state index contributed by atoms with van der Waals surface area (Å²) in [5, 5.41) is 9.99. The molecule has 3 rings (SSSR count). The van der Waals surface area contributed by atoms with E-state index in [-0.39, 0.29) is 12.6 Å². The molecule has 1 saturated heterocycles. The highest BCUT2D eigenvalue weighted by Crippen LogP contribution is 2.29. The van der Waals surface area contributed by atoms with E-state index in [0.29, 0.717) is 6.04 Å². The van der Waals surface area contributed by atoms with E-state index in [4.69, 9.17) is 16.6 Å². The van der Waals surface area contributed by atoms with Crippen LogP contribution in [-0.4, -0.2) is 39.2 Å². The van der Waals surface area contributed by atoms with E-state index in [9.17, 15) is 5.11 Å². The van der Waals surface area contributed by atoms with Crippen LogP contribution in [0.5, 0.6) is 0 Å². The third-order valence-electron chi connectivity index (χ3n) is 4.49. The fourth-order valence-corrected chi connectivity index (χ4v) is 3.52. The summed E-state index contributed by atoms with van der Waals surface area (Å²) in [7, 11) is 0. The first-order valence-corrected chi connectivity index (χ1v) is 8.08. The molecule has 5 heteroatoms. The largest absolute Gasteiger partial charge is 0.396 e. The highest BCUT2D eigenvalue weighted by atomic mass is 35.5.